The summed E-state index contributed by atoms with van der Waals surface area (Å²) in [6.45, 7) is 2.03. The molecule has 1 aliphatic carbocycles. The predicted molar refractivity (Wildman–Crippen MR) is 117 cm³/mol. The molecule has 0 radical (unpaired) electrons. The molecule has 6 heteroatoms. The summed E-state index contributed by atoms with van der Waals surface area (Å²) in [4.78, 5) is 15.3. The number of allylic oxidation sites excluding steroid dienone is 2. The summed E-state index contributed by atoms with van der Waals surface area (Å²) < 4.78 is 19.3. The number of rotatable bonds is 4. The van der Waals surface area contributed by atoms with Crippen molar-refractivity contribution in [2.45, 2.75) is 25.4 Å². The molecule has 2 aliphatic rings. The number of aromatic nitrogens is 2. The Balaban J connectivity index is 1.69. The number of H-pyrrole nitrogens is 1. The number of nitrogens with zero attached hydrogens (tertiary/aromatic N) is 2. The summed E-state index contributed by atoms with van der Waals surface area (Å²) in [5, 5.41) is 7.48. The topological polar surface area (TPSA) is 58.2 Å². The molecule has 156 valence electrons. The molecule has 0 saturated heterocycles. The molecule has 2 aromatic carbocycles. The zero-order valence-corrected chi connectivity index (χ0v) is 17.3. The molecule has 0 spiro atoms. The number of carbonyl (C=O) groups excluding carboxylic acids is 1. The molecular weight excluding hydrogens is 393 g/mol. The van der Waals surface area contributed by atoms with E-state index in [0.717, 1.165) is 27.9 Å². The molecule has 0 fully saturated rings. The Bertz CT molecular complexity index is 1210. The number of fused-ring (bicyclic) bond motifs is 1. The minimum absolute atomic E-state index is 0.151. The van der Waals surface area contributed by atoms with Gasteiger partial charge in [-0.2, -0.15) is 5.10 Å². The largest absolute Gasteiger partial charge is 0.496 e. The second-order valence-electron chi connectivity index (χ2n) is 7.83. The molecule has 5 nitrogen and oxygen atoms in total. The monoisotopic (exact) mass is 415 g/mol. The van der Waals surface area contributed by atoms with Crippen LogP contribution in [-0.2, 0) is 0 Å². The van der Waals surface area contributed by atoms with Crippen LogP contribution in [0, 0.1) is 6.92 Å². The van der Waals surface area contributed by atoms with Crippen molar-refractivity contribution in [1.29, 1.82) is 0 Å². The summed E-state index contributed by atoms with van der Waals surface area (Å²) in [5.74, 6) is 0.259. The molecule has 31 heavy (non-hydrogen) atoms. The maximum atomic E-state index is 13.6. The first kappa shape index (κ1) is 19.3. The standard InChI is InChI=1S/C25H22FN3O2/c1-15-7-9-16(10-8-15)22-21-23(28-27-22)25(30)29(18-13-11-17(26)12-14-18)24(21)19-5-3-4-6-20(19)31-2/h3-13,18,24H,14H2,1-2H3,(H,27,28)/t18-,24+/m1/s1. The quantitative estimate of drug-likeness (QED) is 0.643. The van der Waals surface area contributed by atoms with Gasteiger partial charge in [0, 0.05) is 16.7 Å². The van der Waals surface area contributed by atoms with Crippen molar-refractivity contribution in [1.82, 2.24) is 15.1 Å². The molecule has 1 aromatic heterocycles. The number of methoxy groups -OCH3 is 1. The first-order valence-electron chi connectivity index (χ1n) is 10.2. The third-order valence-electron chi connectivity index (χ3n) is 5.95. The number of carbonyl (C=O) groups is 1. The summed E-state index contributed by atoms with van der Waals surface area (Å²) in [5.41, 5.74) is 4.98. The number of amides is 1. The van der Waals surface area contributed by atoms with Crippen LogP contribution in [0.25, 0.3) is 11.3 Å². The molecule has 0 saturated carbocycles. The van der Waals surface area contributed by atoms with Gasteiger partial charge in [0.2, 0.25) is 0 Å². The van der Waals surface area contributed by atoms with E-state index in [2.05, 4.69) is 10.2 Å². The maximum absolute atomic E-state index is 13.6. The van der Waals surface area contributed by atoms with Crippen molar-refractivity contribution in [3.05, 3.63) is 95.0 Å². The Hall–Kier alpha value is -3.67. The van der Waals surface area contributed by atoms with E-state index in [1.807, 2.05) is 55.5 Å². The third kappa shape index (κ3) is 3.15. The van der Waals surface area contributed by atoms with Gasteiger partial charge in [-0.3, -0.25) is 9.89 Å². The number of aromatic amines is 1. The SMILES string of the molecule is COc1ccccc1[C@H]1c2c(-c3ccc(C)cc3)n[nH]c2C(=O)N1[C@@H]1C=CC(F)=CC1. The first-order chi connectivity index (χ1) is 15.1. The number of aryl methyl sites for hydroxylation is 1. The Morgan fingerprint density at radius 3 is 2.65 bits per heavy atom. The van der Waals surface area contributed by atoms with Gasteiger partial charge in [0.1, 0.15) is 17.3 Å². The molecular formula is C25H22FN3O2. The van der Waals surface area contributed by atoms with Gasteiger partial charge < -0.3 is 9.64 Å². The number of ether oxygens (including phenoxy) is 1. The predicted octanol–water partition coefficient (Wildman–Crippen LogP) is 5.12. The summed E-state index contributed by atoms with van der Waals surface area (Å²) in [7, 11) is 1.62. The van der Waals surface area contributed by atoms with Gasteiger partial charge >= 0.3 is 0 Å². The molecule has 5 rings (SSSR count). The molecule has 2 heterocycles. The van der Waals surface area contributed by atoms with E-state index in [4.69, 9.17) is 4.74 Å². The summed E-state index contributed by atoms with van der Waals surface area (Å²) >= 11 is 0. The van der Waals surface area contributed by atoms with E-state index >= 15 is 0 Å². The fraction of sp³-hybridized carbons (Fsp3) is 0.200. The van der Waals surface area contributed by atoms with Crippen LogP contribution in [0.5, 0.6) is 5.75 Å². The highest BCUT2D eigenvalue weighted by Gasteiger charge is 2.45. The number of hydrogen-bond acceptors (Lipinski definition) is 3. The zero-order valence-electron chi connectivity index (χ0n) is 17.3. The average molecular weight is 415 g/mol. The van der Waals surface area contributed by atoms with E-state index in [0.29, 0.717) is 17.9 Å². The minimum Gasteiger partial charge on any atom is -0.496 e. The smallest absolute Gasteiger partial charge is 0.273 e. The minimum atomic E-state index is -0.405. The zero-order chi connectivity index (χ0) is 21.5. The number of hydrogen-bond donors (Lipinski definition) is 1. The van der Waals surface area contributed by atoms with Crippen LogP contribution in [0.4, 0.5) is 4.39 Å². The van der Waals surface area contributed by atoms with Crippen molar-refractivity contribution in [2.24, 2.45) is 0 Å². The Morgan fingerprint density at radius 1 is 1.16 bits per heavy atom. The number of nitrogens with one attached hydrogen (secondary N) is 1. The second-order valence-corrected chi connectivity index (χ2v) is 7.83. The molecule has 1 aliphatic heterocycles. The normalized spacial score (nSPS) is 20.0. The lowest BCUT2D eigenvalue weighted by Gasteiger charge is -2.33. The molecule has 1 amide bonds. The third-order valence-corrected chi connectivity index (χ3v) is 5.95. The van der Waals surface area contributed by atoms with Crippen LogP contribution in [0.2, 0.25) is 0 Å². The van der Waals surface area contributed by atoms with Crippen molar-refractivity contribution in [3.8, 4) is 17.0 Å². The van der Waals surface area contributed by atoms with Gasteiger partial charge in [-0.1, -0.05) is 54.1 Å². The van der Waals surface area contributed by atoms with Crippen molar-refractivity contribution in [3.63, 3.8) is 0 Å². The van der Waals surface area contributed by atoms with Crippen LogP contribution < -0.4 is 4.74 Å². The van der Waals surface area contributed by atoms with Crippen molar-refractivity contribution < 1.29 is 13.9 Å². The second kappa shape index (κ2) is 7.54. The van der Waals surface area contributed by atoms with Crippen LogP contribution in [0.15, 0.2) is 72.6 Å². The van der Waals surface area contributed by atoms with Crippen molar-refractivity contribution in [2.75, 3.05) is 7.11 Å². The molecule has 0 unspecified atom stereocenters. The first-order valence-corrected chi connectivity index (χ1v) is 10.2. The summed E-state index contributed by atoms with van der Waals surface area (Å²) in [6, 6.07) is 15.1. The van der Waals surface area contributed by atoms with Gasteiger partial charge in [0.15, 0.2) is 0 Å². The van der Waals surface area contributed by atoms with Crippen molar-refractivity contribution >= 4 is 5.91 Å². The van der Waals surface area contributed by atoms with Gasteiger partial charge in [-0.25, -0.2) is 4.39 Å². The fourth-order valence-corrected chi connectivity index (χ4v) is 4.43. The molecule has 2 atom stereocenters. The molecule has 0 bridgehead atoms. The average Bonchev–Trinajstić information content (AvgIpc) is 3.34. The van der Waals surface area contributed by atoms with E-state index in [1.165, 1.54) is 12.2 Å². The van der Waals surface area contributed by atoms with Crippen LogP contribution in [-0.4, -0.2) is 34.2 Å². The summed E-state index contributed by atoms with van der Waals surface area (Å²) in [6.07, 6.45) is 5.10. The van der Waals surface area contributed by atoms with Gasteiger partial charge in [0.05, 0.1) is 24.9 Å². The lowest BCUT2D eigenvalue weighted by molar-refractivity contribution is 0.0694. The van der Waals surface area contributed by atoms with E-state index in [-0.39, 0.29) is 17.8 Å². The molecule has 1 N–H and O–H groups in total. The highest BCUT2D eigenvalue weighted by molar-refractivity contribution is 6.00. The molecule has 3 aromatic rings. The number of para-hydroxylation sites is 1. The fourth-order valence-electron chi connectivity index (χ4n) is 4.43. The van der Waals surface area contributed by atoms with E-state index in [1.54, 1.807) is 18.1 Å². The van der Waals surface area contributed by atoms with Gasteiger partial charge in [-0.15, -0.1) is 0 Å². The van der Waals surface area contributed by atoms with Crippen LogP contribution in [0.1, 0.15) is 39.6 Å². The Morgan fingerprint density at radius 2 is 1.94 bits per heavy atom. The van der Waals surface area contributed by atoms with E-state index < -0.39 is 6.04 Å². The van der Waals surface area contributed by atoms with Gasteiger partial charge in [0.25, 0.3) is 5.91 Å². The van der Waals surface area contributed by atoms with Gasteiger partial charge in [-0.05, 0) is 31.6 Å². The van der Waals surface area contributed by atoms with Crippen LogP contribution >= 0.6 is 0 Å². The highest BCUT2D eigenvalue weighted by Crippen LogP contribution is 2.47. The lowest BCUT2D eigenvalue weighted by Crippen LogP contribution is -2.38. The van der Waals surface area contributed by atoms with E-state index in [9.17, 15) is 9.18 Å². The Kier molecular flexibility index (Phi) is 4.70. The number of halogens is 1. The Labute approximate surface area is 179 Å². The highest BCUT2D eigenvalue weighted by atomic mass is 19.1. The number of benzene rings is 2. The maximum Gasteiger partial charge on any atom is 0.273 e. The lowest BCUT2D eigenvalue weighted by atomic mass is 9.93. The van der Waals surface area contributed by atoms with Crippen LogP contribution in [0.3, 0.4) is 0 Å².